The summed E-state index contributed by atoms with van der Waals surface area (Å²) in [4.78, 5) is 0. The van der Waals surface area contributed by atoms with Gasteiger partial charge in [-0.15, -0.1) is 0 Å². The minimum Gasteiger partial charge on any atom is -0.315 e. The molecule has 2 aliphatic rings. The number of hydrogen-bond acceptors (Lipinski definition) is 1. The Labute approximate surface area is 78.9 Å². The predicted molar refractivity (Wildman–Crippen MR) is 57.2 cm³/mol. The Morgan fingerprint density at radius 2 is 2.31 bits per heavy atom. The summed E-state index contributed by atoms with van der Waals surface area (Å²) >= 11 is 0. The standard InChI is InChI=1S/C11H13OP/c1-10-5-4-6-11(9-10)13(12)7-2-3-8-13/h2,4-7H,1,3,8-9H2. The van der Waals surface area contributed by atoms with Gasteiger partial charge in [0, 0.05) is 12.6 Å². The minimum absolute atomic E-state index is 0.790. The van der Waals surface area contributed by atoms with Gasteiger partial charge in [-0.1, -0.05) is 36.5 Å². The SMILES string of the molecule is C=C1C=CC=C(P2(=O)C=CCC2)C1. The molecule has 0 bridgehead atoms. The Kier molecular flexibility index (Phi) is 2.13. The summed E-state index contributed by atoms with van der Waals surface area (Å²) in [6.07, 6.45) is 10.5. The van der Waals surface area contributed by atoms with Crippen molar-refractivity contribution in [2.75, 3.05) is 6.16 Å². The maximum absolute atomic E-state index is 12.3. The lowest BCUT2D eigenvalue weighted by Crippen LogP contribution is -1.91. The van der Waals surface area contributed by atoms with Gasteiger partial charge < -0.3 is 4.57 Å². The summed E-state index contributed by atoms with van der Waals surface area (Å²) in [5.74, 6) is 1.91. The summed E-state index contributed by atoms with van der Waals surface area (Å²) in [6.45, 7) is 3.89. The van der Waals surface area contributed by atoms with Crippen molar-refractivity contribution >= 4 is 7.14 Å². The van der Waals surface area contributed by atoms with E-state index in [1.54, 1.807) is 0 Å². The fraction of sp³-hybridized carbons (Fsp3) is 0.273. The van der Waals surface area contributed by atoms with E-state index in [9.17, 15) is 4.57 Å². The van der Waals surface area contributed by atoms with Crippen molar-refractivity contribution in [2.24, 2.45) is 0 Å². The number of allylic oxidation sites excluding steroid dienone is 6. The summed E-state index contributed by atoms with van der Waals surface area (Å²) in [5.41, 5.74) is 1.06. The molecule has 13 heavy (non-hydrogen) atoms. The van der Waals surface area contributed by atoms with Gasteiger partial charge in [-0.05, 0) is 17.6 Å². The van der Waals surface area contributed by atoms with E-state index in [1.807, 2.05) is 30.1 Å². The van der Waals surface area contributed by atoms with Gasteiger partial charge in [0.15, 0.2) is 0 Å². The van der Waals surface area contributed by atoms with Gasteiger partial charge in [0.25, 0.3) is 0 Å². The second-order valence-corrected chi connectivity index (χ2v) is 6.46. The van der Waals surface area contributed by atoms with Crippen molar-refractivity contribution in [3.05, 3.63) is 47.6 Å². The summed E-state index contributed by atoms with van der Waals surface area (Å²) in [7, 11) is -2.11. The van der Waals surface area contributed by atoms with Gasteiger partial charge in [-0.25, -0.2) is 0 Å². The third-order valence-electron chi connectivity index (χ3n) is 2.49. The van der Waals surface area contributed by atoms with Crippen molar-refractivity contribution in [3.8, 4) is 0 Å². The minimum atomic E-state index is -2.11. The molecule has 0 spiro atoms. The lowest BCUT2D eigenvalue weighted by molar-refractivity contribution is 0.585. The molecule has 2 rings (SSSR count). The van der Waals surface area contributed by atoms with Crippen molar-refractivity contribution < 1.29 is 4.57 Å². The Morgan fingerprint density at radius 1 is 1.46 bits per heavy atom. The highest BCUT2D eigenvalue weighted by Gasteiger charge is 2.27. The highest BCUT2D eigenvalue weighted by molar-refractivity contribution is 7.71. The Morgan fingerprint density at radius 3 is 2.92 bits per heavy atom. The van der Waals surface area contributed by atoms with E-state index in [0.29, 0.717) is 0 Å². The van der Waals surface area contributed by atoms with Crippen LogP contribution in [-0.4, -0.2) is 6.16 Å². The van der Waals surface area contributed by atoms with E-state index in [2.05, 4.69) is 6.58 Å². The van der Waals surface area contributed by atoms with Crippen LogP contribution in [0.3, 0.4) is 0 Å². The zero-order chi connectivity index (χ0) is 9.31. The van der Waals surface area contributed by atoms with E-state index in [1.165, 1.54) is 0 Å². The first-order chi connectivity index (χ1) is 6.21. The predicted octanol–water partition coefficient (Wildman–Crippen LogP) is 3.67. The zero-order valence-corrected chi connectivity index (χ0v) is 8.47. The summed E-state index contributed by atoms with van der Waals surface area (Å²) in [6, 6.07) is 0. The second-order valence-electron chi connectivity index (χ2n) is 3.54. The van der Waals surface area contributed by atoms with Gasteiger partial charge in [-0.3, -0.25) is 0 Å². The topological polar surface area (TPSA) is 17.1 Å². The molecule has 1 nitrogen and oxygen atoms in total. The largest absolute Gasteiger partial charge is 0.315 e. The van der Waals surface area contributed by atoms with Gasteiger partial charge in [-0.2, -0.15) is 0 Å². The van der Waals surface area contributed by atoms with Crippen LogP contribution < -0.4 is 0 Å². The smallest absolute Gasteiger partial charge is 0.132 e. The van der Waals surface area contributed by atoms with Gasteiger partial charge in [0.05, 0.1) is 0 Å². The van der Waals surface area contributed by atoms with E-state index in [-0.39, 0.29) is 0 Å². The van der Waals surface area contributed by atoms with Crippen LogP contribution in [-0.2, 0) is 4.57 Å². The third kappa shape index (κ3) is 1.62. The van der Waals surface area contributed by atoms with Crippen LogP contribution in [0.4, 0.5) is 0 Å². The van der Waals surface area contributed by atoms with E-state index in [4.69, 9.17) is 0 Å². The monoisotopic (exact) mass is 192 g/mol. The quantitative estimate of drug-likeness (QED) is 0.579. The van der Waals surface area contributed by atoms with Crippen molar-refractivity contribution in [1.82, 2.24) is 0 Å². The highest BCUT2D eigenvalue weighted by atomic mass is 31.2. The molecular formula is C11H13OP. The van der Waals surface area contributed by atoms with Crippen LogP contribution >= 0.6 is 7.14 Å². The van der Waals surface area contributed by atoms with Gasteiger partial charge in [0.1, 0.15) is 7.14 Å². The molecule has 0 amide bonds. The van der Waals surface area contributed by atoms with Crippen LogP contribution in [0.1, 0.15) is 12.8 Å². The molecule has 0 saturated heterocycles. The molecule has 0 radical (unpaired) electrons. The van der Waals surface area contributed by atoms with Crippen molar-refractivity contribution in [1.29, 1.82) is 0 Å². The molecule has 1 unspecified atom stereocenters. The molecule has 0 aromatic heterocycles. The van der Waals surface area contributed by atoms with E-state index < -0.39 is 7.14 Å². The van der Waals surface area contributed by atoms with Crippen molar-refractivity contribution in [2.45, 2.75) is 12.8 Å². The molecule has 1 aliphatic carbocycles. The van der Waals surface area contributed by atoms with Crippen LogP contribution in [0, 0.1) is 0 Å². The van der Waals surface area contributed by atoms with Crippen LogP contribution in [0.25, 0.3) is 0 Å². The molecule has 0 aromatic rings. The molecule has 0 saturated carbocycles. The molecule has 1 aliphatic heterocycles. The number of hydrogen-bond donors (Lipinski definition) is 0. The Hall–Kier alpha value is -0.810. The molecular weight excluding hydrogens is 179 g/mol. The molecule has 0 fully saturated rings. The van der Waals surface area contributed by atoms with Crippen LogP contribution in [0.2, 0.25) is 0 Å². The highest BCUT2D eigenvalue weighted by Crippen LogP contribution is 2.61. The first-order valence-electron chi connectivity index (χ1n) is 4.53. The summed E-state index contributed by atoms with van der Waals surface area (Å²) in [5, 5.41) is 1.08. The lowest BCUT2D eigenvalue weighted by Gasteiger charge is -2.16. The average molecular weight is 192 g/mol. The van der Waals surface area contributed by atoms with Gasteiger partial charge in [0.2, 0.25) is 0 Å². The second kappa shape index (κ2) is 3.16. The molecule has 68 valence electrons. The molecule has 1 atom stereocenters. The fourth-order valence-corrected chi connectivity index (χ4v) is 4.19. The summed E-state index contributed by atoms with van der Waals surface area (Å²) < 4.78 is 12.3. The molecule has 1 heterocycles. The lowest BCUT2D eigenvalue weighted by atomic mass is 10.1. The normalized spacial score (nSPS) is 32.3. The van der Waals surface area contributed by atoms with Crippen molar-refractivity contribution in [3.63, 3.8) is 0 Å². The maximum atomic E-state index is 12.3. The molecule has 0 aromatic carbocycles. The number of rotatable bonds is 1. The van der Waals surface area contributed by atoms with Crippen LogP contribution in [0.15, 0.2) is 47.6 Å². The first kappa shape index (κ1) is 8.77. The van der Waals surface area contributed by atoms with E-state index in [0.717, 1.165) is 29.9 Å². The maximum Gasteiger partial charge on any atom is 0.132 e. The zero-order valence-electron chi connectivity index (χ0n) is 7.57. The first-order valence-corrected chi connectivity index (χ1v) is 6.49. The fourth-order valence-electron chi connectivity index (χ4n) is 1.73. The molecule has 0 N–H and O–H groups in total. The Bertz CT molecular complexity index is 372. The Balaban J connectivity index is 2.31. The van der Waals surface area contributed by atoms with E-state index >= 15 is 0 Å². The van der Waals surface area contributed by atoms with Crippen LogP contribution in [0.5, 0.6) is 0 Å². The average Bonchev–Trinajstić information content (AvgIpc) is 2.54. The van der Waals surface area contributed by atoms with Gasteiger partial charge >= 0.3 is 0 Å². The molecule has 2 heteroatoms. The third-order valence-corrected chi connectivity index (χ3v) is 5.38.